The van der Waals surface area contributed by atoms with Gasteiger partial charge in [-0.2, -0.15) is 4.98 Å². The molecule has 0 bridgehead atoms. The summed E-state index contributed by atoms with van der Waals surface area (Å²) in [5.74, 6) is 1.84. The van der Waals surface area contributed by atoms with E-state index in [4.69, 9.17) is 8.94 Å². The zero-order chi connectivity index (χ0) is 19.2. The molecule has 0 radical (unpaired) electrons. The highest BCUT2D eigenvalue weighted by Crippen LogP contribution is 2.24. The van der Waals surface area contributed by atoms with Gasteiger partial charge in [0.2, 0.25) is 17.6 Å². The predicted octanol–water partition coefficient (Wildman–Crippen LogP) is 2.23. The minimum absolute atomic E-state index is 0.0319. The molecule has 1 amide bonds. The summed E-state index contributed by atoms with van der Waals surface area (Å²) in [4.78, 5) is 16.5. The second-order valence-corrected chi connectivity index (χ2v) is 6.82. The molecule has 2 aromatic heterocycles. The zero-order valence-electron chi connectivity index (χ0n) is 15.4. The van der Waals surface area contributed by atoms with E-state index in [1.165, 1.54) is 5.56 Å². The second kappa shape index (κ2) is 8.81. The first-order chi connectivity index (χ1) is 13.8. The molecule has 1 aromatic carbocycles. The number of hydrogen-bond donors (Lipinski definition) is 3. The summed E-state index contributed by atoms with van der Waals surface area (Å²) in [7, 11) is 0. The molecule has 146 valence electrons. The number of aromatic nitrogens is 2. The van der Waals surface area contributed by atoms with E-state index in [1.54, 1.807) is 18.4 Å². The molecule has 8 nitrogen and oxygen atoms in total. The minimum Gasteiger partial charge on any atom is -0.461 e. The first kappa shape index (κ1) is 18.4. The van der Waals surface area contributed by atoms with Gasteiger partial charge in [-0.1, -0.05) is 35.5 Å². The summed E-state index contributed by atoms with van der Waals surface area (Å²) in [6.07, 6.45) is 3.19. The monoisotopic (exact) mass is 381 g/mol. The number of amides is 1. The van der Waals surface area contributed by atoms with E-state index < -0.39 is 0 Å². The summed E-state index contributed by atoms with van der Waals surface area (Å²) >= 11 is 0. The van der Waals surface area contributed by atoms with Gasteiger partial charge in [0.05, 0.1) is 12.3 Å². The topological polar surface area (TPSA) is 105 Å². The molecular weight excluding hydrogens is 358 g/mol. The van der Waals surface area contributed by atoms with Crippen LogP contribution in [0.5, 0.6) is 0 Å². The number of nitrogens with zero attached hydrogens (tertiary/aromatic N) is 2. The van der Waals surface area contributed by atoms with Crippen LogP contribution < -0.4 is 16.2 Å². The molecule has 3 aromatic rings. The number of rotatable bonds is 8. The lowest BCUT2D eigenvalue weighted by atomic mass is 9.95. The maximum absolute atomic E-state index is 12.2. The van der Waals surface area contributed by atoms with E-state index in [1.807, 2.05) is 18.2 Å². The number of hydrogen-bond acceptors (Lipinski definition) is 7. The van der Waals surface area contributed by atoms with Gasteiger partial charge in [0.15, 0.2) is 5.76 Å². The third-order valence-corrected chi connectivity index (χ3v) is 4.82. The van der Waals surface area contributed by atoms with Crippen molar-refractivity contribution in [1.29, 1.82) is 0 Å². The molecule has 1 saturated heterocycles. The first-order valence-corrected chi connectivity index (χ1v) is 9.46. The van der Waals surface area contributed by atoms with Gasteiger partial charge >= 0.3 is 0 Å². The smallest absolute Gasteiger partial charge is 0.238 e. The predicted molar refractivity (Wildman–Crippen MR) is 102 cm³/mol. The van der Waals surface area contributed by atoms with E-state index >= 15 is 0 Å². The summed E-state index contributed by atoms with van der Waals surface area (Å²) in [6, 6.07) is 14.0. The Bertz CT molecular complexity index is 878. The molecule has 1 aliphatic rings. The van der Waals surface area contributed by atoms with Crippen molar-refractivity contribution in [3.8, 4) is 11.6 Å². The fraction of sp³-hybridized carbons (Fsp3) is 0.350. The number of carbonyl (C=O) groups excluding carboxylic acids is 1. The lowest BCUT2D eigenvalue weighted by molar-refractivity contribution is -0.121. The first-order valence-electron chi connectivity index (χ1n) is 9.46. The summed E-state index contributed by atoms with van der Waals surface area (Å²) in [5.41, 5.74) is 7.69. The molecule has 0 spiro atoms. The molecule has 8 heteroatoms. The van der Waals surface area contributed by atoms with Gasteiger partial charge in [-0.25, -0.2) is 5.43 Å². The van der Waals surface area contributed by atoms with Crippen molar-refractivity contribution in [2.24, 2.45) is 5.92 Å². The normalized spacial score (nSPS) is 19.0. The fourth-order valence-electron chi connectivity index (χ4n) is 3.34. The Hall–Kier alpha value is -2.97. The van der Waals surface area contributed by atoms with Crippen LogP contribution in [0.2, 0.25) is 0 Å². The van der Waals surface area contributed by atoms with Crippen LogP contribution in [0.1, 0.15) is 30.3 Å². The Morgan fingerprint density at radius 2 is 2.11 bits per heavy atom. The highest BCUT2D eigenvalue weighted by Gasteiger charge is 2.28. The molecule has 1 fully saturated rings. The Morgan fingerprint density at radius 3 is 2.93 bits per heavy atom. The van der Waals surface area contributed by atoms with Crippen LogP contribution in [-0.2, 0) is 11.2 Å². The lowest BCUT2D eigenvalue weighted by Gasteiger charge is -2.19. The number of nitrogens with one attached hydrogen (secondary N) is 3. The minimum atomic E-state index is 0.0319. The largest absolute Gasteiger partial charge is 0.461 e. The molecule has 0 aliphatic carbocycles. The van der Waals surface area contributed by atoms with Crippen molar-refractivity contribution in [2.45, 2.75) is 25.3 Å². The Kier molecular flexibility index (Phi) is 5.79. The van der Waals surface area contributed by atoms with Gasteiger partial charge < -0.3 is 14.3 Å². The second-order valence-electron chi connectivity index (χ2n) is 6.82. The molecule has 4 rings (SSSR count). The highest BCUT2D eigenvalue weighted by molar-refractivity contribution is 5.75. The quantitative estimate of drug-likeness (QED) is 0.549. The van der Waals surface area contributed by atoms with E-state index in [0.717, 1.165) is 6.54 Å². The molecule has 3 heterocycles. The van der Waals surface area contributed by atoms with E-state index in [9.17, 15) is 4.79 Å². The maximum atomic E-state index is 12.2. The zero-order valence-corrected chi connectivity index (χ0v) is 15.4. The van der Waals surface area contributed by atoms with Crippen molar-refractivity contribution in [1.82, 2.24) is 26.3 Å². The van der Waals surface area contributed by atoms with Crippen LogP contribution in [0.25, 0.3) is 11.6 Å². The molecule has 28 heavy (non-hydrogen) atoms. The summed E-state index contributed by atoms with van der Waals surface area (Å²) in [6.45, 7) is 1.44. The van der Waals surface area contributed by atoms with Crippen LogP contribution in [0.4, 0.5) is 0 Å². The van der Waals surface area contributed by atoms with Crippen molar-refractivity contribution in [3.63, 3.8) is 0 Å². The van der Waals surface area contributed by atoms with Gasteiger partial charge in [0.1, 0.15) is 0 Å². The maximum Gasteiger partial charge on any atom is 0.238 e. The third kappa shape index (κ3) is 4.47. The van der Waals surface area contributed by atoms with Crippen molar-refractivity contribution < 1.29 is 13.7 Å². The average Bonchev–Trinajstić information content (AvgIpc) is 3.48. The number of carbonyl (C=O) groups is 1. The third-order valence-electron chi connectivity index (χ3n) is 4.82. The van der Waals surface area contributed by atoms with Gasteiger partial charge in [-0.05, 0) is 24.1 Å². The molecule has 3 N–H and O–H groups in total. The van der Waals surface area contributed by atoms with Crippen LogP contribution in [-0.4, -0.2) is 29.1 Å². The van der Waals surface area contributed by atoms with Crippen LogP contribution in [0.3, 0.4) is 0 Å². The van der Waals surface area contributed by atoms with Gasteiger partial charge in [-0.3, -0.25) is 10.2 Å². The average molecular weight is 381 g/mol. The number of furan rings is 1. The molecular formula is C20H23N5O3. The summed E-state index contributed by atoms with van der Waals surface area (Å²) in [5, 5.41) is 6.93. The van der Waals surface area contributed by atoms with E-state index in [-0.39, 0.29) is 11.9 Å². The van der Waals surface area contributed by atoms with Crippen LogP contribution >= 0.6 is 0 Å². The lowest BCUT2D eigenvalue weighted by Crippen LogP contribution is -2.32. The Balaban J connectivity index is 1.20. The molecule has 1 aliphatic heterocycles. The van der Waals surface area contributed by atoms with Crippen LogP contribution in [0.15, 0.2) is 57.7 Å². The van der Waals surface area contributed by atoms with Crippen molar-refractivity contribution >= 4 is 5.91 Å². The van der Waals surface area contributed by atoms with Gasteiger partial charge in [0, 0.05) is 31.8 Å². The summed E-state index contributed by atoms with van der Waals surface area (Å²) < 4.78 is 10.4. The highest BCUT2D eigenvalue weighted by atomic mass is 16.5. The van der Waals surface area contributed by atoms with Crippen molar-refractivity contribution in [2.75, 3.05) is 13.1 Å². The van der Waals surface area contributed by atoms with E-state index in [0.29, 0.717) is 49.2 Å². The van der Waals surface area contributed by atoms with Gasteiger partial charge in [-0.15, -0.1) is 0 Å². The van der Waals surface area contributed by atoms with Gasteiger partial charge in [0.25, 0.3) is 0 Å². The molecule has 2 unspecified atom stereocenters. The number of aryl methyl sites for hydroxylation is 1. The van der Waals surface area contributed by atoms with Crippen LogP contribution in [0, 0.1) is 5.92 Å². The standard InChI is InChI=1S/C20H23N5O3/c26-17(9-4-10-18-23-20(25-28-18)16-8-5-11-27-16)21-12-15-13-22-24-19(15)14-6-2-1-3-7-14/h1-3,5-8,11,15,19,22,24H,4,9-10,12-13H2,(H,21,26). The van der Waals surface area contributed by atoms with E-state index in [2.05, 4.69) is 38.4 Å². The fourth-order valence-corrected chi connectivity index (χ4v) is 3.34. The molecule has 0 saturated carbocycles. The van der Waals surface area contributed by atoms with Crippen molar-refractivity contribution in [3.05, 3.63) is 60.2 Å². The Labute approximate surface area is 162 Å². The number of benzene rings is 1. The SMILES string of the molecule is O=C(CCCc1nc(-c2ccco2)no1)NCC1CNNC1c1ccccc1. The molecule has 2 atom stereocenters. The Morgan fingerprint density at radius 1 is 1.21 bits per heavy atom. The number of hydrazine groups is 1.